The summed E-state index contributed by atoms with van der Waals surface area (Å²) >= 11 is 0. The smallest absolute Gasteiger partial charge is 0.268 e. The van der Waals surface area contributed by atoms with Gasteiger partial charge in [-0.25, -0.2) is 16.8 Å². The summed E-state index contributed by atoms with van der Waals surface area (Å²) in [6.07, 6.45) is 3.57. The zero-order chi connectivity index (χ0) is 20.6. The minimum absolute atomic E-state index is 0.0998. The third-order valence-corrected chi connectivity index (χ3v) is 6.83. The van der Waals surface area contributed by atoms with Gasteiger partial charge in [-0.1, -0.05) is 18.2 Å². The first kappa shape index (κ1) is 19.7. The zero-order valence-electron chi connectivity index (χ0n) is 16.4. The first-order chi connectivity index (χ1) is 14.0. The van der Waals surface area contributed by atoms with Crippen LogP contribution in [0.15, 0.2) is 59.6 Å². The average molecular weight is 415 g/mol. The maximum atomic E-state index is 14.8. The number of ether oxygens (including phenoxy) is 1. The fourth-order valence-electron chi connectivity index (χ4n) is 3.69. The molecule has 5 nitrogen and oxygen atoms in total. The highest BCUT2D eigenvalue weighted by Gasteiger charge is 2.35. The van der Waals surface area contributed by atoms with Crippen LogP contribution in [0.1, 0.15) is 29.9 Å². The van der Waals surface area contributed by atoms with E-state index in [-0.39, 0.29) is 10.8 Å². The van der Waals surface area contributed by atoms with Gasteiger partial charge in [0.05, 0.1) is 17.7 Å². The Labute approximate surface area is 170 Å². The molecule has 0 unspecified atom stereocenters. The van der Waals surface area contributed by atoms with Gasteiger partial charge in [0.15, 0.2) is 0 Å². The fraction of sp³-hybridized carbons (Fsp3) is 0.273. The highest BCUT2D eigenvalue weighted by atomic mass is 32.2. The molecule has 7 heteroatoms. The largest absolute Gasteiger partial charge is 0.497 e. The van der Waals surface area contributed by atoms with Crippen LogP contribution in [0.25, 0.3) is 11.3 Å². The molecule has 3 aromatic rings. The molecule has 1 N–H and O–H groups in total. The third-order valence-electron chi connectivity index (χ3n) is 5.17. The maximum Gasteiger partial charge on any atom is 0.268 e. The number of methoxy groups -OCH3 is 1. The Morgan fingerprint density at radius 3 is 2.59 bits per heavy atom. The Morgan fingerprint density at radius 2 is 1.93 bits per heavy atom. The summed E-state index contributed by atoms with van der Waals surface area (Å²) in [4.78, 5) is 0.0998. The molecule has 29 heavy (non-hydrogen) atoms. The third kappa shape index (κ3) is 3.56. The van der Waals surface area contributed by atoms with Crippen LogP contribution in [0, 0.1) is 5.82 Å². The fourth-order valence-corrected chi connectivity index (χ4v) is 5.13. The van der Waals surface area contributed by atoms with E-state index >= 15 is 0 Å². The van der Waals surface area contributed by atoms with Crippen LogP contribution in [0.2, 0.25) is 0 Å². The van der Waals surface area contributed by atoms with Crippen molar-refractivity contribution < 1.29 is 17.5 Å². The van der Waals surface area contributed by atoms with Gasteiger partial charge in [0, 0.05) is 24.4 Å². The van der Waals surface area contributed by atoms with Gasteiger partial charge < -0.3 is 10.1 Å². The molecule has 1 aliphatic carbocycles. The molecule has 0 amide bonds. The monoisotopic (exact) mass is 414 g/mol. The maximum absolute atomic E-state index is 14.8. The van der Waals surface area contributed by atoms with Crippen molar-refractivity contribution in [3.05, 3.63) is 71.7 Å². The van der Waals surface area contributed by atoms with Crippen molar-refractivity contribution in [1.29, 1.82) is 0 Å². The predicted octanol–water partition coefficient (Wildman–Crippen LogP) is 4.14. The molecule has 4 rings (SSSR count). The van der Waals surface area contributed by atoms with Crippen molar-refractivity contribution in [2.24, 2.45) is 0 Å². The Hall–Kier alpha value is -2.64. The van der Waals surface area contributed by atoms with Crippen LogP contribution < -0.4 is 10.1 Å². The number of nitrogens with one attached hydrogen (secondary N) is 1. The molecule has 0 saturated heterocycles. The van der Waals surface area contributed by atoms with Crippen molar-refractivity contribution in [2.45, 2.75) is 30.2 Å². The summed E-state index contributed by atoms with van der Waals surface area (Å²) in [5.41, 5.74) is 2.50. The molecule has 0 atom stereocenters. The molecule has 152 valence electrons. The number of aromatic nitrogens is 1. The van der Waals surface area contributed by atoms with Gasteiger partial charge in [-0.2, -0.15) is 0 Å². The van der Waals surface area contributed by atoms with Crippen LogP contribution in [-0.2, 0) is 16.6 Å². The lowest BCUT2D eigenvalue weighted by molar-refractivity contribution is 0.413. The van der Waals surface area contributed by atoms with E-state index in [0.717, 1.165) is 24.0 Å². The van der Waals surface area contributed by atoms with Crippen molar-refractivity contribution in [3.63, 3.8) is 0 Å². The predicted molar refractivity (Wildman–Crippen MR) is 110 cm³/mol. The topological polar surface area (TPSA) is 60.3 Å². The van der Waals surface area contributed by atoms with Gasteiger partial charge >= 0.3 is 0 Å². The summed E-state index contributed by atoms with van der Waals surface area (Å²) in [6.45, 7) is 0.508. The number of halogens is 1. The number of benzene rings is 2. The van der Waals surface area contributed by atoms with Gasteiger partial charge in [0.1, 0.15) is 11.6 Å². The molecule has 1 saturated carbocycles. The van der Waals surface area contributed by atoms with Crippen molar-refractivity contribution >= 4 is 10.0 Å². The van der Waals surface area contributed by atoms with Crippen LogP contribution in [0.5, 0.6) is 5.75 Å². The average Bonchev–Trinajstić information content (AvgIpc) is 3.49. The van der Waals surface area contributed by atoms with Crippen LogP contribution in [0.3, 0.4) is 0 Å². The van der Waals surface area contributed by atoms with E-state index in [4.69, 9.17) is 4.74 Å². The van der Waals surface area contributed by atoms with Crippen molar-refractivity contribution in [1.82, 2.24) is 9.29 Å². The van der Waals surface area contributed by atoms with Gasteiger partial charge in [0.25, 0.3) is 10.0 Å². The Kier molecular flexibility index (Phi) is 5.19. The lowest BCUT2D eigenvalue weighted by Gasteiger charge is -2.14. The number of nitrogens with zero attached hydrogens (tertiary/aromatic N) is 1. The van der Waals surface area contributed by atoms with E-state index in [2.05, 4.69) is 5.32 Å². The van der Waals surface area contributed by atoms with Gasteiger partial charge in [0.2, 0.25) is 0 Å². The van der Waals surface area contributed by atoms with E-state index in [9.17, 15) is 12.8 Å². The van der Waals surface area contributed by atoms with E-state index in [1.807, 2.05) is 7.05 Å². The molecule has 0 aliphatic heterocycles. The molecule has 1 aliphatic rings. The van der Waals surface area contributed by atoms with Crippen molar-refractivity contribution in [2.75, 3.05) is 14.2 Å². The first-order valence-corrected chi connectivity index (χ1v) is 10.9. The normalized spacial score (nSPS) is 14.2. The number of rotatable bonds is 7. The molecular weight excluding hydrogens is 391 g/mol. The highest BCUT2D eigenvalue weighted by Crippen LogP contribution is 2.48. The van der Waals surface area contributed by atoms with E-state index in [0.29, 0.717) is 23.6 Å². The summed E-state index contributed by atoms with van der Waals surface area (Å²) in [6, 6.07) is 12.7. The molecular formula is C22H23FN2O3S. The minimum atomic E-state index is -3.95. The SMILES string of the molecule is CNCc1cn(S(=O)(=O)c2cccc(OC)c2)c(-c2ccccc2F)c1C1CC1. The molecule has 1 fully saturated rings. The van der Waals surface area contributed by atoms with Gasteiger partial charge in [-0.3, -0.25) is 0 Å². The molecule has 1 aromatic heterocycles. The summed E-state index contributed by atoms with van der Waals surface area (Å²) in [5.74, 6) is 0.254. The van der Waals surface area contributed by atoms with Crippen LogP contribution in [-0.4, -0.2) is 26.5 Å². The second-order valence-electron chi connectivity index (χ2n) is 7.18. The summed E-state index contributed by atoms with van der Waals surface area (Å²) in [5, 5.41) is 3.10. The Balaban J connectivity index is 2.00. The highest BCUT2D eigenvalue weighted by molar-refractivity contribution is 7.90. The molecule has 2 aromatic carbocycles. The second kappa shape index (κ2) is 7.65. The number of hydrogen-bond acceptors (Lipinski definition) is 4. The van der Waals surface area contributed by atoms with Crippen LogP contribution in [0.4, 0.5) is 4.39 Å². The first-order valence-electron chi connectivity index (χ1n) is 9.50. The molecule has 0 bridgehead atoms. The van der Waals surface area contributed by atoms with E-state index < -0.39 is 15.8 Å². The van der Waals surface area contributed by atoms with Gasteiger partial charge in [-0.05, 0) is 61.2 Å². The lowest BCUT2D eigenvalue weighted by atomic mass is 10.0. The second-order valence-corrected chi connectivity index (χ2v) is 9.00. The minimum Gasteiger partial charge on any atom is -0.497 e. The summed E-state index contributed by atoms with van der Waals surface area (Å²) < 4.78 is 48.4. The lowest BCUT2D eigenvalue weighted by Crippen LogP contribution is -2.14. The van der Waals surface area contributed by atoms with Crippen LogP contribution >= 0.6 is 0 Å². The van der Waals surface area contributed by atoms with E-state index in [1.165, 1.54) is 29.3 Å². The molecule has 0 spiro atoms. The van der Waals surface area contributed by atoms with Gasteiger partial charge in [-0.15, -0.1) is 0 Å². The summed E-state index contributed by atoms with van der Waals surface area (Å²) in [7, 11) is -0.649. The molecule has 0 radical (unpaired) electrons. The quantitative estimate of drug-likeness (QED) is 0.631. The number of hydrogen-bond donors (Lipinski definition) is 1. The Bertz CT molecular complexity index is 1150. The zero-order valence-corrected chi connectivity index (χ0v) is 17.2. The van der Waals surface area contributed by atoms with Crippen molar-refractivity contribution in [3.8, 4) is 17.0 Å². The Morgan fingerprint density at radius 1 is 1.17 bits per heavy atom. The molecule has 1 heterocycles. The van der Waals surface area contributed by atoms with E-state index in [1.54, 1.807) is 36.5 Å². The standard InChI is InChI=1S/C22H23FN2O3S/c1-24-13-16-14-25(29(26,27)18-7-5-6-17(12-18)28-2)22(21(16)15-10-11-15)19-8-3-4-9-20(19)23/h3-9,12,14-15,24H,10-11,13H2,1-2H3.